The van der Waals surface area contributed by atoms with Gasteiger partial charge in [-0.25, -0.2) is 4.21 Å². The Kier molecular flexibility index (Phi) is 5.75. The van der Waals surface area contributed by atoms with Crippen molar-refractivity contribution in [2.45, 2.75) is 0 Å². The number of nitrogens with one attached hydrogen (secondary N) is 1. The van der Waals surface area contributed by atoms with Gasteiger partial charge in [0.1, 0.15) is 11.0 Å². The molecule has 0 saturated heterocycles. The summed E-state index contributed by atoms with van der Waals surface area (Å²) in [5, 5.41) is 1.44. The van der Waals surface area contributed by atoms with Crippen LogP contribution in [0.5, 0.6) is 0 Å². The SMILES string of the molecule is CN=CC(=CN)c1ccc2c(=O)n(C)cc(-c3cccc(NS(C)=O)c3)c2c1. The second kappa shape index (κ2) is 8.22. The van der Waals surface area contributed by atoms with Gasteiger partial charge in [-0.3, -0.25) is 9.79 Å². The van der Waals surface area contributed by atoms with Gasteiger partial charge < -0.3 is 15.0 Å². The van der Waals surface area contributed by atoms with Gasteiger partial charge in [0.2, 0.25) is 0 Å². The Balaban J connectivity index is 2.28. The van der Waals surface area contributed by atoms with Crippen molar-refractivity contribution in [1.29, 1.82) is 0 Å². The summed E-state index contributed by atoms with van der Waals surface area (Å²) in [4.78, 5) is 16.7. The topological polar surface area (TPSA) is 89.5 Å². The summed E-state index contributed by atoms with van der Waals surface area (Å²) in [5.74, 6) is 0. The lowest BCUT2D eigenvalue weighted by molar-refractivity contribution is 0.690. The van der Waals surface area contributed by atoms with E-state index < -0.39 is 11.0 Å². The van der Waals surface area contributed by atoms with E-state index in [1.807, 2.05) is 48.7 Å². The fraction of sp³-hybridized carbons (Fsp3) is 0.143. The van der Waals surface area contributed by atoms with Gasteiger partial charge in [0.25, 0.3) is 5.56 Å². The molecule has 0 amide bonds. The van der Waals surface area contributed by atoms with Crippen LogP contribution in [0.1, 0.15) is 5.56 Å². The second-order valence-corrected chi connectivity index (χ2v) is 7.48. The first-order chi connectivity index (χ1) is 13.4. The molecular formula is C21H22N4O2S. The molecule has 1 atom stereocenters. The highest BCUT2D eigenvalue weighted by Crippen LogP contribution is 2.30. The molecule has 0 aliphatic heterocycles. The summed E-state index contributed by atoms with van der Waals surface area (Å²) in [7, 11) is 2.24. The lowest BCUT2D eigenvalue weighted by Gasteiger charge is -2.13. The van der Waals surface area contributed by atoms with Crippen LogP contribution in [0.3, 0.4) is 0 Å². The molecule has 1 unspecified atom stereocenters. The predicted molar refractivity (Wildman–Crippen MR) is 119 cm³/mol. The normalized spacial score (nSPS) is 13.2. The van der Waals surface area contributed by atoms with E-state index in [1.165, 1.54) is 6.20 Å². The van der Waals surface area contributed by atoms with Gasteiger partial charge in [-0.05, 0) is 40.8 Å². The van der Waals surface area contributed by atoms with Crippen molar-refractivity contribution in [3.63, 3.8) is 0 Å². The molecule has 3 aromatic rings. The Hall–Kier alpha value is -3.19. The van der Waals surface area contributed by atoms with Gasteiger partial charge in [-0.2, -0.15) is 0 Å². The van der Waals surface area contributed by atoms with Gasteiger partial charge in [-0.1, -0.05) is 18.2 Å². The monoisotopic (exact) mass is 394 g/mol. The zero-order chi connectivity index (χ0) is 20.3. The molecule has 3 N–H and O–H groups in total. The Morgan fingerprint density at radius 1 is 1.21 bits per heavy atom. The summed E-state index contributed by atoms with van der Waals surface area (Å²) < 4.78 is 16.0. The van der Waals surface area contributed by atoms with Crippen LogP contribution in [0.2, 0.25) is 0 Å². The fourth-order valence-electron chi connectivity index (χ4n) is 3.14. The minimum Gasteiger partial charge on any atom is -0.404 e. The van der Waals surface area contributed by atoms with Crippen LogP contribution in [0.15, 0.2) is 64.6 Å². The minimum atomic E-state index is -1.17. The number of rotatable bonds is 5. The lowest BCUT2D eigenvalue weighted by Crippen LogP contribution is -2.16. The number of aromatic nitrogens is 1. The smallest absolute Gasteiger partial charge is 0.258 e. The van der Waals surface area contributed by atoms with E-state index in [9.17, 15) is 9.00 Å². The molecule has 0 fully saturated rings. The Labute approximate surface area is 166 Å². The third kappa shape index (κ3) is 3.89. The summed E-state index contributed by atoms with van der Waals surface area (Å²) in [6, 6.07) is 13.3. The van der Waals surface area contributed by atoms with E-state index in [-0.39, 0.29) is 5.56 Å². The van der Waals surface area contributed by atoms with E-state index in [0.29, 0.717) is 5.39 Å². The van der Waals surface area contributed by atoms with Crippen LogP contribution in [0.25, 0.3) is 27.5 Å². The van der Waals surface area contributed by atoms with Gasteiger partial charge in [0.15, 0.2) is 0 Å². The largest absolute Gasteiger partial charge is 0.404 e. The van der Waals surface area contributed by atoms with Crippen molar-refractivity contribution in [1.82, 2.24) is 4.57 Å². The van der Waals surface area contributed by atoms with Crippen molar-refractivity contribution >= 4 is 39.2 Å². The molecule has 7 heteroatoms. The van der Waals surface area contributed by atoms with Gasteiger partial charge >= 0.3 is 0 Å². The van der Waals surface area contributed by atoms with Crippen molar-refractivity contribution in [3.05, 3.63) is 70.8 Å². The van der Waals surface area contributed by atoms with Gasteiger partial charge in [0, 0.05) is 61.2 Å². The fourth-order valence-corrected chi connectivity index (χ4v) is 3.60. The van der Waals surface area contributed by atoms with Crippen LogP contribution in [0, 0.1) is 0 Å². The first kappa shape index (κ1) is 19.6. The lowest BCUT2D eigenvalue weighted by atomic mass is 9.96. The molecule has 1 heterocycles. The van der Waals surface area contributed by atoms with Crippen LogP contribution in [0.4, 0.5) is 5.69 Å². The van der Waals surface area contributed by atoms with Crippen LogP contribution >= 0.6 is 0 Å². The van der Waals surface area contributed by atoms with E-state index in [1.54, 1.807) is 31.1 Å². The van der Waals surface area contributed by atoms with Crippen LogP contribution in [-0.2, 0) is 18.0 Å². The summed E-state index contributed by atoms with van der Waals surface area (Å²) >= 11 is 0. The number of anilines is 1. The third-order valence-corrected chi connectivity index (χ3v) is 4.92. The molecule has 0 bridgehead atoms. The number of benzene rings is 2. The number of pyridine rings is 1. The Bertz CT molecular complexity index is 1180. The third-order valence-electron chi connectivity index (χ3n) is 4.40. The minimum absolute atomic E-state index is 0.0725. The number of aryl methyl sites for hydroxylation is 1. The van der Waals surface area contributed by atoms with E-state index >= 15 is 0 Å². The molecule has 0 aliphatic rings. The number of fused-ring (bicyclic) bond motifs is 1. The maximum atomic E-state index is 12.6. The molecule has 3 rings (SSSR count). The Morgan fingerprint density at radius 3 is 2.68 bits per heavy atom. The maximum Gasteiger partial charge on any atom is 0.258 e. The molecule has 2 aromatic carbocycles. The number of hydrogen-bond donors (Lipinski definition) is 2. The maximum absolute atomic E-state index is 12.6. The summed E-state index contributed by atoms with van der Waals surface area (Å²) in [5.41, 5.74) is 9.88. The van der Waals surface area contributed by atoms with Crippen LogP contribution in [-0.4, -0.2) is 28.3 Å². The average Bonchev–Trinajstić information content (AvgIpc) is 2.68. The molecule has 6 nitrogen and oxygen atoms in total. The highest BCUT2D eigenvalue weighted by atomic mass is 32.2. The molecule has 0 aliphatic carbocycles. The van der Waals surface area contributed by atoms with Gasteiger partial charge in [0.05, 0.1) is 0 Å². The molecule has 1 aromatic heterocycles. The second-order valence-electron chi connectivity index (χ2n) is 6.37. The van der Waals surface area contributed by atoms with Crippen molar-refractivity contribution in [2.24, 2.45) is 17.8 Å². The van der Waals surface area contributed by atoms with E-state index in [2.05, 4.69) is 9.71 Å². The van der Waals surface area contributed by atoms with E-state index in [0.717, 1.165) is 33.3 Å². The van der Waals surface area contributed by atoms with Gasteiger partial charge in [-0.15, -0.1) is 0 Å². The van der Waals surface area contributed by atoms with Crippen molar-refractivity contribution in [3.8, 4) is 11.1 Å². The van der Waals surface area contributed by atoms with Crippen molar-refractivity contribution < 1.29 is 4.21 Å². The Morgan fingerprint density at radius 2 is 2.00 bits per heavy atom. The highest BCUT2D eigenvalue weighted by molar-refractivity contribution is 7.85. The van der Waals surface area contributed by atoms with Crippen molar-refractivity contribution in [2.75, 3.05) is 18.0 Å². The number of allylic oxidation sites excluding steroid dienone is 1. The highest BCUT2D eigenvalue weighted by Gasteiger charge is 2.12. The molecule has 0 radical (unpaired) electrons. The quantitative estimate of drug-likeness (QED) is 0.652. The zero-order valence-corrected chi connectivity index (χ0v) is 16.8. The van der Waals surface area contributed by atoms with E-state index in [4.69, 9.17) is 5.73 Å². The number of aliphatic imine (C=N–C) groups is 1. The standard InChI is InChI=1S/C21H22N4O2S/c1-23-12-16(11-22)14-7-8-18-19(10-14)20(13-25(2)21(18)26)15-5-4-6-17(9-15)24-28(3)27/h4-13,24H,22H2,1-3H3. The van der Waals surface area contributed by atoms with Crippen LogP contribution < -0.4 is 16.0 Å². The number of nitrogens with zero attached hydrogens (tertiary/aromatic N) is 2. The summed E-state index contributed by atoms with van der Waals surface area (Å²) in [6.45, 7) is 0. The molecule has 0 spiro atoms. The average molecular weight is 395 g/mol. The predicted octanol–water partition coefficient (Wildman–Crippen LogP) is 2.91. The molecule has 144 valence electrons. The molecule has 0 saturated carbocycles. The molecular weight excluding hydrogens is 372 g/mol. The first-order valence-electron chi connectivity index (χ1n) is 8.63. The number of hydrogen-bond acceptors (Lipinski definition) is 4. The first-order valence-corrected chi connectivity index (χ1v) is 10.2. The summed E-state index contributed by atoms with van der Waals surface area (Å²) in [6.07, 6.45) is 6.58. The molecule has 28 heavy (non-hydrogen) atoms. The zero-order valence-electron chi connectivity index (χ0n) is 16.0. The number of nitrogens with two attached hydrogens (primary N) is 1.